The monoisotopic (exact) mass is 583 g/mol. The van der Waals surface area contributed by atoms with Crippen LogP contribution in [0.4, 0.5) is 5.69 Å². The summed E-state index contributed by atoms with van der Waals surface area (Å²) < 4.78 is 0. The molecule has 0 amide bonds. The summed E-state index contributed by atoms with van der Waals surface area (Å²) in [6, 6.07) is 41.2. The summed E-state index contributed by atoms with van der Waals surface area (Å²) in [4.78, 5) is 5.71. The van der Waals surface area contributed by atoms with Gasteiger partial charge in [-0.2, -0.15) is 0 Å². The number of benzene rings is 5. The lowest BCUT2D eigenvalue weighted by Gasteiger charge is -2.36. The standard InChI is InChI=1S/C40H42NOP/c1-38(2,3)30-26-33(39(4,5)6)36(42)34(27-30)40(29-18-9-7-10-19-29)24-25-43(31-20-11-8-12-21-31)37(40)41-35-23-15-17-28-16-13-14-22-32(28)35/h7-23,26-27,42H,24-25H2,1-6H3. The lowest BCUT2D eigenvalue weighted by molar-refractivity contribution is 0.430. The maximum Gasteiger partial charge on any atom is 0.123 e. The van der Waals surface area contributed by atoms with Crippen LogP contribution >= 0.6 is 7.92 Å². The van der Waals surface area contributed by atoms with Gasteiger partial charge in [0.1, 0.15) is 5.75 Å². The van der Waals surface area contributed by atoms with Crippen LogP contribution in [0.2, 0.25) is 0 Å². The van der Waals surface area contributed by atoms with Gasteiger partial charge in [-0.1, -0.05) is 151 Å². The molecule has 1 fully saturated rings. The van der Waals surface area contributed by atoms with Gasteiger partial charge in [-0.25, -0.2) is 0 Å². The number of phenolic OH excluding ortho intramolecular Hbond substituents is 1. The van der Waals surface area contributed by atoms with E-state index in [4.69, 9.17) is 4.99 Å². The summed E-state index contributed by atoms with van der Waals surface area (Å²) >= 11 is 0. The Hall–Kier alpha value is -3.74. The number of aromatic hydroxyl groups is 1. The Labute approximate surface area is 258 Å². The molecule has 0 saturated carbocycles. The molecule has 0 aliphatic carbocycles. The Kier molecular flexibility index (Phi) is 7.55. The highest BCUT2D eigenvalue weighted by molar-refractivity contribution is 7.82. The molecule has 0 spiro atoms. The molecule has 1 saturated heterocycles. The minimum absolute atomic E-state index is 0.0873. The van der Waals surface area contributed by atoms with E-state index in [0.717, 1.165) is 40.2 Å². The van der Waals surface area contributed by atoms with E-state index in [1.54, 1.807) is 0 Å². The highest BCUT2D eigenvalue weighted by Gasteiger charge is 2.51. The SMILES string of the molecule is CC(C)(C)c1cc(C(C)(C)C)c(O)c(C2(c3ccccc3)CCP(c3ccccc3)C2=Nc2cccc3ccccc23)c1. The van der Waals surface area contributed by atoms with Crippen LogP contribution < -0.4 is 5.30 Å². The first-order valence-corrected chi connectivity index (χ1v) is 16.9. The molecule has 1 heterocycles. The number of fused-ring (bicyclic) bond motifs is 1. The van der Waals surface area contributed by atoms with Crippen LogP contribution in [0.25, 0.3) is 10.8 Å². The predicted octanol–water partition coefficient (Wildman–Crippen LogP) is 10.4. The third-order valence-electron chi connectivity index (χ3n) is 8.92. The molecule has 1 aliphatic rings. The Morgan fingerprint density at radius 2 is 1.33 bits per heavy atom. The van der Waals surface area contributed by atoms with Gasteiger partial charge in [-0.15, -0.1) is 0 Å². The quantitative estimate of drug-likeness (QED) is 0.210. The Balaban J connectivity index is 1.74. The van der Waals surface area contributed by atoms with Crippen molar-refractivity contribution in [3.8, 4) is 5.75 Å². The highest BCUT2D eigenvalue weighted by Crippen LogP contribution is 2.61. The number of phenols is 1. The number of aliphatic imine (C=N–C) groups is 1. The molecule has 5 aromatic carbocycles. The van der Waals surface area contributed by atoms with Crippen molar-refractivity contribution in [2.24, 2.45) is 4.99 Å². The summed E-state index contributed by atoms with van der Waals surface area (Å²) in [6.07, 6.45) is 1.88. The van der Waals surface area contributed by atoms with Crippen molar-refractivity contribution in [1.82, 2.24) is 0 Å². The molecule has 6 rings (SSSR count). The molecular formula is C40H42NOP. The topological polar surface area (TPSA) is 32.6 Å². The van der Waals surface area contributed by atoms with Gasteiger partial charge < -0.3 is 5.11 Å². The normalized spacial score (nSPS) is 20.1. The van der Waals surface area contributed by atoms with Gasteiger partial charge in [-0.3, -0.25) is 4.99 Å². The fourth-order valence-electron chi connectivity index (χ4n) is 6.53. The molecule has 0 aromatic heterocycles. The van der Waals surface area contributed by atoms with E-state index in [0.29, 0.717) is 5.75 Å². The van der Waals surface area contributed by atoms with Crippen LogP contribution in [0.3, 0.4) is 0 Å². The van der Waals surface area contributed by atoms with Crippen molar-refractivity contribution < 1.29 is 5.11 Å². The van der Waals surface area contributed by atoms with Crippen molar-refractivity contribution in [3.05, 3.63) is 138 Å². The first-order chi connectivity index (χ1) is 20.5. The Morgan fingerprint density at radius 3 is 2.00 bits per heavy atom. The van der Waals surface area contributed by atoms with Crippen molar-refractivity contribution >= 4 is 35.1 Å². The lowest BCUT2D eigenvalue weighted by atomic mass is 9.69. The molecular weight excluding hydrogens is 541 g/mol. The van der Waals surface area contributed by atoms with Crippen LogP contribution in [-0.2, 0) is 16.2 Å². The summed E-state index contributed by atoms with van der Waals surface area (Å²) in [7, 11) is -0.767. The van der Waals surface area contributed by atoms with Gasteiger partial charge in [0.05, 0.1) is 16.6 Å². The lowest BCUT2D eigenvalue weighted by Crippen LogP contribution is -2.34. The summed E-state index contributed by atoms with van der Waals surface area (Å²) in [5.41, 5.74) is 5.66. The van der Waals surface area contributed by atoms with E-state index >= 15 is 0 Å². The first-order valence-electron chi connectivity index (χ1n) is 15.3. The van der Waals surface area contributed by atoms with E-state index in [2.05, 4.69) is 157 Å². The maximum atomic E-state index is 12.4. The van der Waals surface area contributed by atoms with Gasteiger partial charge in [0, 0.05) is 10.9 Å². The minimum Gasteiger partial charge on any atom is -0.507 e. The zero-order valence-corrected chi connectivity index (χ0v) is 27.1. The van der Waals surface area contributed by atoms with Crippen molar-refractivity contribution in [2.45, 2.75) is 64.2 Å². The van der Waals surface area contributed by atoms with Gasteiger partial charge in [-0.05, 0) is 64.8 Å². The average molecular weight is 584 g/mol. The summed E-state index contributed by atoms with van der Waals surface area (Å²) in [6.45, 7) is 13.4. The van der Waals surface area contributed by atoms with Crippen molar-refractivity contribution in [2.75, 3.05) is 6.16 Å². The van der Waals surface area contributed by atoms with E-state index in [-0.39, 0.29) is 10.8 Å². The number of hydrogen-bond acceptors (Lipinski definition) is 2. The first kappa shape index (κ1) is 29.3. The van der Waals surface area contributed by atoms with E-state index in [9.17, 15) is 5.11 Å². The summed E-state index contributed by atoms with van der Waals surface area (Å²) in [5, 5.41) is 16.0. The van der Waals surface area contributed by atoms with Crippen LogP contribution in [-0.4, -0.2) is 16.7 Å². The Bertz CT molecular complexity index is 1790. The van der Waals surface area contributed by atoms with Gasteiger partial charge in [0.15, 0.2) is 0 Å². The van der Waals surface area contributed by atoms with Crippen LogP contribution in [0.5, 0.6) is 5.75 Å². The van der Waals surface area contributed by atoms with Crippen molar-refractivity contribution in [3.63, 3.8) is 0 Å². The summed E-state index contributed by atoms with van der Waals surface area (Å²) in [5.74, 6) is 0.403. The van der Waals surface area contributed by atoms with Crippen LogP contribution in [0, 0.1) is 0 Å². The third kappa shape index (κ3) is 5.32. The molecule has 0 bridgehead atoms. The minimum atomic E-state index is -0.767. The zero-order chi connectivity index (χ0) is 30.4. The molecule has 5 aromatic rings. The second-order valence-corrected chi connectivity index (χ2v) is 16.1. The molecule has 218 valence electrons. The second-order valence-electron chi connectivity index (χ2n) is 13.9. The fraction of sp³-hybridized carbons (Fsp3) is 0.275. The van der Waals surface area contributed by atoms with Crippen molar-refractivity contribution in [1.29, 1.82) is 0 Å². The molecule has 2 nitrogen and oxygen atoms in total. The predicted molar refractivity (Wildman–Crippen MR) is 186 cm³/mol. The largest absolute Gasteiger partial charge is 0.507 e. The average Bonchev–Trinajstić information content (AvgIpc) is 3.36. The van der Waals surface area contributed by atoms with Crippen LogP contribution in [0.1, 0.15) is 70.2 Å². The van der Waals surface area contributed by atoms with E-state index in [1.165, 1.54) is 21.8 Å². The highest BCUT2D eigenvalue weighted by atomic mass is 31.1. The smallest absolute Gasteiger partial charge is 0.123 e. The third-order valence-corrected chi connectivity index (χ3v) is 11.5. The fourth-order valence-corrected chi connectivity index (χ4v) is 9.39. The van der Waals surface area contributed by atoms with E-state index < -0.39 is 13.3 Å². The molecule has 3 heteroatoms. The molecule has 1 aliphatic heterocycles. The van der Waals surface area contributed by atoms with Gasteiger partial charge in [0.2, 0.25) is 0 Å². The Morgan fingerprint density at radius 1 is 0.698 bits per heavy atom. The second kappa shape index (κ2) is 11.1. The van der Waals surface area contributed by atoms with E-state index in [1.807, 2.05) is 0 Å². The maximum absolute atomic E-state index is 12.4. The zero-order valence-electron chi connectivity index (χ0n) is 26.2. The molecule has 43 heavy (non-hydrogen) atoms. The number of hydrogen-bond donors (Lipinski definition) is 1. The molecule has 0 radical (unpaired) electrons. The number of nitrogens with zero attached hydrogens (tertiary/aromatic N) is 1. The molecule has 2 atom stereocenters. The van der Waals surface area contributed by atoms with Crippen LogP contribution in [0.15, 0.2) is 120 Å². The van der Waals surface area contributed by atoms with Gasteiger partial charge in [0.25, 0.3) is 0 Å². The molecule has 2 unspecified atom stereocenters. The molecule has 1 N–H and O–H groups in total. The van der Waals surface area contributed by atoms with Gasteiger partial charge >= 0.3 is 0 Å². The number of rotatable bonds is 4.